The number of nitrogens with one attached hydrogen (secondary N) is 1. The molecule has 0 fully saturated rings. The molecular formula is C12H16Br2N2O. The normalized spacial score (nSPS) is 11.2. The number of amides is 1. The van der Waals surface area contributed by atoms with Crippen LogP contribution in [0.3, 0.4) is 0 Å². The Morgan fingerprint density at radius 3 is 2.41 bits per heavy atom. The molecule has 0 saturated heterocycles. The topological polar surface area (TPSA) is 32.3 Å². The molecule has 94 valence electrons. The molecule has 1 aromatic carbocycles. The van der Waals surface area contributed by atoms with Gasteiger partial charge in [-0.05, 0) is 32.0 Å². The van der Waals surface area contributed by atoms with E-state index in [2.05, 4.69) is 37.2 Å². The molecule has 1 amide bonds. The lowest BCUT2D eigenvalue weighted by atomic mass is 10.2. The second kappa shape index (κ2) is 5.40. The number of halogens is 2. The number of carbonyl (C=O) groups excluding carboxylic acids is 1. The molecule has 1 N–H and O–H groups in total. The van der Waals surface area contributed by atoms with Gasteiger partial charge in [-0.25, -0.2) is 0 Å². The summed E-state index contributed by atoms with van der Waals surface area (Å²) in [6.45, 7) is 3.63. The van der Waals surface area contributed by atoms with E-state index >= 15 is 0 Å². The van der Waals surface area contributed by atoms with Gasteiger partial charge >= 0.3 is 0 Å². The van der Waals surface area contributed by atoms with E-state index in [9.17, 15) is 4.79 Å². The van der Waals surface area contributed by atoms with Gasteiger partial charge < -0.3 is 10.2 Å². The minimum absolute atomic E-state index is 0.0706. The summed E-state index contributed by atoms with van der Waals surface area (Å²) in [4.78, 5) is 13.9. The van der Waals surface area contributed by atoms with Gasteiger partial charge in [-0.15, -0.1) is 0 Å². The van der Waals surface area contributed by atoms with Crippen molar-refractivity contribution in [3.05, 3.63) is 22.7 Å². The average molecular weight is 364 g/mol. The molecule has 0 aliphatic carbocycles. The van der Waals surface area contributed by atoms with Crippen LogP contribution in [-0.4, -0.2) is 24.3 Å². The van der Waals surface area contributed by atoms with Crippen LogP contribution in [0, 0.1) is 0 Å². The van der Waals surface area contributed by atoms with Crippen molar-refractivity contribution >= 4 is 49.1 Å². The van der Waals surface area contributed by atoms with Crippen LogP contribution < -0.4 is 10.2 Å². The quantitative estimate of drug-likeness (QED) is 0.831. The van der Waals surface area contributed by atoms with E-state index in [0.29, 0.717) is 0 Å². The van der Waals surface area contributed by atoms with Crippen molar-refractivity contribution in [3.8, 4) is 0 Å². The van der Waals surface area contributed by atoms with Crippen molar-refractivity contribution in [3.63, 3.8) is 0 Å². The fourth-order valence-electron chi connectivity index (χ4n) is 1.27. The minimum Gasteiger partial charge on any atom is -0.376 e. The predicted octanol–water partition coefficient (Wildman–Crippen LogP) is 3.63. The largest absolute Gasteiger partial charge is 0.376 e. The summed E-state index contributed by atoms with van der Waals surface area (Å²) >= 11 is 6.75. The molecule has 0 unspecified atom stereocenters. The van der Waals surface area contributed by atoms with Crippen molar-refractivity contribution < 1.29 is 4.79 Å². The zero-order chi connectivity index (χ0) is 13.2. The van der Waals surface area contributed by atoms with E-state index < -0.39 is 4.32 Å². The minimum atomic E-state index is -0.584. The van der Waals surface area contributed by atoms with Crippen LogP contribution in [-0.2, 0) is 4.79 Å². The van der Waals surface area contributed by atoms with Gasteiger partial charge in [0, 0.05) is 18.6 Å². The van der Waals surface area contributed by atoms with Gasteiger partial charge in [0.2, 0.25) is 5.91 Å². The Bertz CT molecular complexity index is 425. The Hall–Kier alpha value is -0.550. The summed E-state index contributed by atoms with van der Waals surface area (Å²) in [5, 5.41) is 2.92. The first-order valence-electron chi connectivity index (χ1n) is 5.19. The van der Waals surface area contributed by atoms with Crippen LogP contribution in [0.1, 0.15) is 13.8 Å². The van der Waals surface area contributed by atoms with Gasteiger partial charge in [-0.3, -0.25) is 4.79 Å². The molecule has 0 saturated carbocycles. The molecule has 1 aromatic rings. The van der Waals surface area contributed by atoms with Crippen LogP contribution in [0.2, 0.25) is 0 Å². The molecule has 0 heterocycles. The Balaban J connectivity index is 3.05. The lowest BCUT2D eigenvalue weighted by Gasteiger charge is -2.21. The molecule has 0 aliphatic heterocycles. The first kappa shape index (κ1) is 14.5. The summed E-state index contributed by atoms with van der Waals surface area (Å²) in [6, 6.07) is 5.80. The van der Waals surface area contributed by atoms with Crippen molar-refractivity contribution in [2.75, 3.05) is 24.3 Å². The summed E-state index contributed by atoms with van der Waals surface area (Å²) < 4.78 is 0.351. The molecule has 1 rings (SSSR count). The predicted molar refractivity (Wildman–Crippen MR) is 80.1 cm³/mol. The molecule has 0 aromatic heterocycles. The fourth-order valence-corrected chi connectivity index (χ4v) is 1.73. The Kier molecular flexibility index (Phi) is 4.61. The van der Waals surface area contributed by atoms with Crippen LogP contribution in [0.4, 0.5) is 11.4 Å². The summed E-state index contributed by atoms with van der Waals surface area (Å²) in [5.41, 5.74) is 1.76. The number of nitrogens with zero attached hydrogens (tertiary/aromatic N) is 1. The average Bonchev–Trinajstić information content (AvgIpc) is 2.15. The highest BCUT2D eigenvalue weighted by molar-refractivity contribution is 9.10. The highest BCUT2D eigenvalue weighted by atomic mass is 79.9. The molecule has 0 bridgehead atoms. The lowest BCUT2D eigenvalue weighted by Crippen LogP contribution is -2.31. The highest BCUT2D eigenvalue weighted by Crippen LogP contribution is 2.29. The SMILES string of the molecule is CN(C)c1ccc(Br)cc1NC(=O)C(C)(C)Br. The Morgan fingerprint density at radius 1 is 1.35 bits per heavy atom. The van der Waals surface area contributed by atoms with Crippen molar-refractivity contribution in [2.24, 2.45) is 0 Å². The maximum absolute atomic E-state index is 11.9. The zero-order valence-corrected chi connectivity index (χ0v) is 13.5. The van der Waals surface area contributed by atoms with E-state index in [-0.39, 0.29) is 5.91 Å². The summed E-state index contributed by atoms with van der Waals surface area (Å²) in [6.07, 6.45) is 0. The molecule has 0 radical (unpaired) electrons. The maximum atomic E-state index is 11.9. The maximum Gasteiger partial charge on any atom is 0.240 e. The van der Waals surface area contributed by atoms with E-state index in [1.807, 2.05) is 51.0 Å². The lowest BCUT2D eigenvalue weighted by molar-refractivity contribution is -0.117. The molecule has 0 aliphatic rings. The molecule has 5 heteroatoms. The number of benzene rings is 1. The van der Waals surface area contributed by atoms with E-state index in [0.717, 1.165) is 15.8 Å². The van der Waals surface area contributed by atoms with E-state index in [4.69, 9.17) is 0 Å². The third-order valence-corrected chi connectivity index (χ3v) is 3.08. The Labute approximate surface area is 119 Å². The number of carbonyl (C=O) groups is 1. The van der Waals surface area contributed by atoms with Gasteiger partial charge in [0.25, 0.3) is 0 Å². The molecule has 3 nitrogen and oxygen atoms in total. The van der Waals surface area contributed by atoms with Gasteiger partial charge in [0.1, 0.15) is 0 Å². The van der Waals surface area contributed by atoms with Gasteiger partial charge in [0.15, 0.2) is 0 Å². The van der Waals surface area contributed by atoms with Crippen LogP contribution >= 0.6 is 31.9 Å². The van der Waals surface area contributed by atoms with Crippen molar-refractivity contribution in [1.82, 2.24) is 0 Å². The summed E-state index contributed by atoms with van der Waals surface area (Å²) in [5.74, 6) is -0.0706. The number of hydrogen-bond acceptors (Lipinski definition) is 2. The molecular weight excluding hydrogens is 348 g/mol. The first-order valence-corrected chi connectivity index (χ1v) is 6.77. The number of anilines is 2. The second-order valence-corrected chi connectivity index (χ2v) is 7.38. The zero-order valence-electron chi connectivity index (χ0n) is 10.3. The number of rotatable bonds is 3. The molecule has 0 spiro atoms. The van der Waals surface area contributed by atoms with E-state index in [1.54, 1.807) is 0 Å². The van der Waals surface area contributed by atoms with Crippen molar-refractivity contribution in [2.45, 2.75) is 18.2 Å². The van der Waals surface area contributed by atoms with Gasteiger partial charge in [0.05, 0.1) is 15.7 Å². The smallest absolute Gasteiger partial charge is 0.240 e. The third kappa shape index (κ3) is 4.00. The van der Waals surface area contributed by atoms with Crippen LogP contribution in [0.5, 0.6) is 0 Å². The van der Waals surface area contributed by atoms with Crippen LogP contribution in [0.25, 0.3) is 0 Å². The second-order valence-electron chi connectivity index (χ2n) is 4.48. The molecule has 0 atom stereocenters. The van der Waals surface area contributed by atoms with Crippen LogP contribution in [0.15, 0.2) is 22.7 Å². The standard InChI is InChI=1S/C12H16Br2N2O/c1-12(2,14)11(17)15-9-7-8(13)5-6-10(9)16(3)4/h5-7H,1-4H3,(H,15,17). The molecule has 17 heavy (non-hydrogen) atoms. The monoisotopic (exact) mass is 362 g/mol. The first-order chi connectivity index (χ1) is 7.71. The van der Waals surface area contributed by atoms with Gasteiger partial charge in [-0.1, -0.05) is 31.9 Å². The third-order valence-electron chi connectivity index (χ3n) is 2.23. The summed E-state index contributed by atoms with van der Waals surface area (Å²) in [7, 11) is 3.89. The van der Waals surface area contributed by atoms with Crippen molar-refractivity contribution in [1.29, 1.82) is 0 Å². The number of hydrogen-bond donors (Lipinski definition) is 1. The Morgan fingerprint density at radius 2 is 1.94 bits per heavy atom. The van der Waals surface area contributed by atoms with E-state index in [1.165, 1.54) is 0 Å². The van der Waals surface area contributed by atoms with Gasteiger partial charge in [-0.2, -0.15) is 0 Å². The fraction of sp³-hybridized carbons (Fsp3) is 0.417. The number of alkyl halides is 1. The highest BCUT2D eigenvalue weighted by Gasteiger charge is 2.24.